The standard InChI is InChI=1S/C17H18BrN5O/c1-10-7-15(17(24)21-11(2)16-19-9-20-22-16)12(3)23(10)14-6-4-5-13(18)8-14/h4-9,11H,1-3H3,(H,21,24)(H,19,20,22). The molecule has 0 saturated carbocycles. The molecule has 2 aromatic heterocycles. The third-order valence-corrected chi connectivity index (χ3v) is 4.43. The van der Waals surface area contributed by atoms with E-state index in [2.05, 4.69) is 41.0 Å². The molecule has 1 unspecified atom stereocenters. The molecule has 0 fully saturated rings. The second-order valence-electron chi connectivity index (χ2n) is 5.67. The summed E-state index contributed by atoms with van der Waals surface area (Å²) >= 11 is 3.49. The van der Waals surface area contributed by atoms with Crippen LogP contribution in [0.5, 0.6) is 0 Å². The fourth-order valence-corrected chi connectivity index (χ4v) is 3.16. The number of amides is 1. The van der Waals surface area contributed by atoms with Gasteiger partial charge in [-0.3, -0.25) is 9.89 Å². The molecule has 2 N–H and O–H groups in total. The molecule has 0 radical (unpaired) electrons. The zero-order valence-corrected chi connectivity index (χ0v) is 15.3. The van der Waals surface area contributed by atoms with Crippen LogP contribution in [0.15, 0.2) is 41.1 Å². The average molecular weight is 388 g/mol. The van der Waals surface area contributed by atoms with E-state index < -0.39 is 0 Å². The summed E-state index contributed by atoms with van der Waals surface area (Å²) in [5.74, 6) is 0.498. The van der Waals surface area contributed by atoms with Gasteiger partial charge >= 0.3 is 0 Å². The van der Waals surface area contributed by atoms with Crippen LogP contribution in [0, 0.1) is 13.8 Å². The van der Waals surface area contributed by atoms with Crippen molar-refractivity contribution in [3.8, 4) is 5.69 Å². The first-order valence-corrected chi connectivity index (χ1v) is 8.37. The summed E-state index contributed by atoms with van der Waals surface area (Å²) in [5, 5.41) is 9.53. The fourth-order valence-electron chi connectivity index (χ4n) is 2.77. The van der Waals surface area contributed by atoms with Crippen molar-refractivity contribution in [3.05, 3.63) is 63.9 Å². The lowest BCUT2D eigenvalue weighted by molar-refractivity contribution is 0.0937. The topological polar surface area (TPSA) is 75.6 Å². The van der Waals surface area contributed by atoms with Crippen molar-refractivity contribution < 1.29 is 4.79 Å². The first kappa shape index (κ1) is 16.4. The molecule has 1 amide bonds. The number of hydrogen-bond donors (Lipinski definition) is 2. The maximum Gasteiger partial charge on any atom is 0.253 e. The number of carbonyl (C=O) groups is 1. The van der Waals surface area contributed by atoms with Gasteiger partial charge in [-0.15, -0.1) is 0 Å². The van der Waals surface area contributed by atoms with E-state index in [0.29, 0.717) is 11.4 Å². The summed E-state index contributed by atoms with van der Waals surface area (Å²) in [4.78, 5) is 16.7. The van der Waals surface area contributed by atoms with Crippen molar-refractivity contribution in [3.63, 3.8) is 0 Å². The molecule has 0 saturated heterocycles. The first-order valence-electron chi connectivity index (χ1n) is 7.58. The lowest BCUT2D eigenvalue weighted by Crippen LogP contribution is -2.27. The summed E-state index contributed by atoms with van der Waals surface area (Å²) in [7, 11) is 0. The molecular weight excluding hydrogens is 370 g/mol. The zero-order chi connectivity index (χ0) is 17.3. The highest BCUT2D eigenvalue weighted by molar-refractivity contribution is 9.10. The van der Waals surface area contributed by atoms with E-state index in [0.717, 1.165) is 21.5 Å². The van der Waals surface area contributed by atoms with Gasteiger partial charge in [-0.2, -0.15) is 5.10 Å². The van der Waals surface area contributed by atoms with Gasteiger partial charge in [0.05, 0.1) is 11.6 Å². The Hall–Kier alpha value is -2.41. The Morgan fingerprint density at radius 1 is 1.33 bits per heavy atom. The summed E-state index contributed by atoms with van der Waals surface area (Å²) in [5.41, 5.74) is 3.57. The third kappa shape index (κ3) is 3.12. The largest absolute Gasteiger partial charge is 0.342 e. The Bertz CT molecular complexity index is 869. The van der Waals surface area contributed by atoms with Gasteiger partial charge in [-0.05, 0) is 45.0 Å². The van der Waals surface area contributed by atoms with Crippen molar-refractivity contribution in [2.45, 2.75) is 26.8 Å². The summed E-state index contributed by atoms with van der Waals surface area (Å²) < 4.78 is 3.07. The van der Waals surface area contributed by atoms with Crippen LogP contribution < -0.4 is 5.32 Å². The van der Waals surface area contributed by atoms with E-state index in [1.165, 1.54) is 6.33 Å². The minimum Gasteiger partial charge on any atom is -0.342 e. The zero-order valence-electron chi connectivity index (χ0n) is 13.7. The average Bonchev–Trinajstić information content (AvgIpc) is 3.15. The third-order valence-electron chi connectivity index (χ3n) is 3.93. The van der Waals surface area contributed by atoms with Crippen LogP contribution in [0.4, 0.5) is 0 Å². The van der Waals surface area contributed by atoms with Crippen molar-refractivity contribution in [2.24, 2.45) is 0 Å². The Morgan fingerprint density at radius 2 is 2.12 bits per heavy atom. The smallest absolute Gasteiger partial charge is 0.253 e. The molecule has 2 heterocycles. The molecular formula is C17H18BrN5O. The molecule has 3 rings (SSSR count). The second kappa shape index (κ2) is 6.60. The van der Waals surface area contributed by atoms with Gasteiger partial charge in [-0.1, -0.05) is 22.0 Å². The predicted molar refractivity (Wildman–Crippen MR) is 95.2 cm³/mol. The highest BCUT2D eigenvalue weighted by Crippen LogP contribution is 2.23. The number of carbonyl (C=O) groups excluding carboxylic acids is 1. The lowest BCUT2D eigenvalue weighted by Gasteiger charge is -2.12. The monoisotopic (exact) mass is 387 g/mol. The number of hydrogen-bond acceptors (Lipinski definition) is 3. The first-order chi connectivity index (χ1) is 11.5. The van der Waals surface area contributed by atoms with E-state index >= 15 is 0 Å². The summed E-state index contributed by atoms with van der Waals surface area (Å²) in [6, 6.07) is 9.66. The Morgan fingerprint density at radius 3 is 2.79 bits per heavy atom. The molecule has 7 heteroatoms. The van der Waals surface area contributed by atoms with Crippen LogP contribution in [0.1, 0.15) is 40.5 Å². The molecule has 0 aliphatic rings. The number of nitrogens with zero attached hydrogens (tertiary/aromatic N) is 3. The van der Waals surface area contributed by atoms with E-state index in [1.807, 2.05) is 51.1 Å². The number of halogens is 1. The number of aromatic nitrogens is 4. The van der Waals surface area contributed by atoms with E-state index in [1.54, 1.807) is 0 Å². The molecule has 0 aliphatic carbocycles. The van der Waals surface area contributed by atoms with Gasteiger partial charge in [-0.25, -0.2) is 4.98 Å². The van der Waals surface area contributed by atoms with Crippen LogP contribution in [0.25, 0.3) is 5.69 Å². The van der Waals surface area contributed by atoms with Crippen LogP contribution in [0.2, 0.25) is 0 Å². The Balaban J connectivity index is 1.90. The van der Waals surface area contributed by atoms with E-state index in [-0.39, 0.29) is 11.9 Å². The number of H-pyrrole nitrogens is 1. The normalized spacial score (nSPS) is 12.2. The van der Waals surface area contributed by atoms with Crippen LogP contribution in [-0.2, 0) is 0 Å². The molecule has 0 spiro atoms. The number of aryl methyl sites for hydroxylation is 1. The molecule has 24 heavy (non-hydrogen) atoms. The maximum absolute atomic E-state index is 12.6. The van der Waals surface area contributed by atoms with Crippen molar-refractivity contribution in [1.82, 2.24) is 25.1 Å². The van der Waals surface area contributed by atoms with E-state index in [9.17, 15) is 4.79 Å². The van der Waals surface area contributed by atoms with Gasteiger partial charge < -0.3 is 9.88 Å². The summed E-state index contributed by atoms with van der Waals surface area (Å²) in [6.07, 6.45) is 1.43. The fraction of sp³-hybridized carbons (Fsp3) is 0.235. The molecule has 0 aliphatic heterocycles. The molecule has 0 bridgehead atoms. The predicted octanol–water partition coefficient (Wildman–Crippen LogP) is 3.47. The van der Waals surface area contributed by atoms with Crippen molar-refractivity contribution in [2.75, 3.05) is 0 Å². The quantitative estimate of drug-likeness (QED) is 0.719. The van der Waals surface area contributed by atoms with E-state index in [4.69, 9.17) is 0 Å². The highest BCUT2D eigenvalue weighted by atomic mass is 79.9. The number of rotatable bonds is 4. The maximum atomic E-state index is 12.6. The van der Waals surface area contributed by atoms with Gasteiger partial charge in [0, 0.05) is 21.5 Å². The lowest BCUT2D eigenvalue weighted by atomic mass is 10.2. The van der Waals surface area contributed by atoms with Crippen LogP contribution in [0.3, 0.4) is 0 Å². The summed E-state index contributed by atoms with van der Waals surface area (Å²) in [6.45, 7) is 5.80. The second-order valence-corrected chi connectivity index (χ2v) is 6.58. The molecule has 1 aromatic carbocycles. The molecule has 124 valence electrons. The van der Waals surface area contributed by atoms with Gasteiger partial charge in [0.2, 0.25) is 0 Å². The molecule has 6 nitrogen and oxygen atoms in total. The Kier molecular flexibility index (Phi) is 4.53. The van der Waals surface area contributed by atoms with Crippen molar-refractivity contribution >= 4 is 21.8 Å². The van der Waals surface area contributed by atoms with Crippen LogP contribution in [-0.4, -0.2) is 25.7 Å². The molecule has 1 atom stereocenters. The van der Waals surface area contributed by atoms with Gasteiger partial charge in [0.1, 0.15) is 12.2 Å². The minimum atomic E-state index is -0.242. The Labute approximate surface area is 148 Å². The highest BCUT2D eigenvalue weighted by Gasteiger charge is 2.19. The number of nitrogens with one attached hydrogen (secondary N) is 2. The minimum absolute atomic E-state index is 0.131. The van der Waals surface area contributed by atoms with Crippen molar-refractivity contribution in [1.29, 1.82) is 0 Å². The van der Waals surface area contributed by atoms with Gasteiger partial charge in [0.15, 0.2) is 0 Å². The van der Waals surface area contributed by atoms with Gasteiger partial charge in [0.25, 0.3) is 5.91 Å². The number of benzene rings is 1. The number of aromatic amines is 1. The SMILES string of the molecule is Cc1cc(C(=O)NC(C)c2ncn[nH]2)c(C)n1-c1cccc(Br)c1. The molecule has 3 aromatic rings. The van der Waals surface area contributed by atoms with Crippen LogP contribution >= 0.6 is 15.9 Å².